The lowest BCUT2D eigenvalue weighted by Gasteiger charge is -2.26. The first-order valence-electron chi connectivity index (χ1n) is 11.3. The number of nitrogens with zero attached hydrogens (tertiary/aromatic N) is 3. The Kier molecular flexibility index (Phi) is 7.97. The minimum absolute atomic E-state index is 0.458. The van der Waals surface area contributed by atoms with E-state index in [2.05, 4.69) is 30.8 Å². The van der Waals surface area contributed by atoms with Gasteiger partial charge in [0.2, 0.25) is 0 Å². The molecule has 0 radical (unpaired) electrons. The van der Waals surface area contributed by atoms with Crippen LogP contribution in [0.1, 0.15) is 31.2 Å². The zero-order valence-electron chi connectivity index (χ0n) is 18.3. The predicted molar refractivity (Wildman–Crippen MR) is 133 cm³/mol. The van der Waals surface area contributed by atoms with E-state index in [0.29, 0.717) is 17.0 Å². The number of aromatic nitrogens is 2. The SMILES string of the molecule is N=C/C(=C\NCCN1CCOCC1)c1cnc2ccc(NC(=S)NC3CCCC3)nc2c1. The number of thiocarbonyl (C=S) groups is 1. The van der Waals surface area contributed by atoms with Crippen molar-refractivity contribution in [1.82, 2.24) is 25.5 Å². The van der Waals surface area contributed by atoms with Gasteiger partial charge in [0.15, 0.2) is 5.11 Å². The molecule has 2 aliphatic rings. The Balaban J connectivity index is 1.38. The summed E-state index contributed by atoms with van der Waals surface area (Å²) in [5.41, 5.74) is 3.18. The Labute approximate surface area is 194 Å². The van der Waals surface area contributed by atoms with Crippen LogP contribution in [0.25, 0.3) is 16.6 Å². The summed E-state index contributed by atoms with van der Waals surface area (Å²) in [4.78, 5) is 11.6. The second-order valence-electron chi connectivity index (χ2n) is 8.19. The molecule has 1 saturated heterocycles. The van der Waals surface area contributed by atoms with Gasteiger partial charge in [0, 0.05) is 62.0 Å². The maximum absolute atomic E-state index is 7.83. The van der Waals surface area contributed by atoms with Gasteiger partial charge in [-0.25, -0.2) is 4.98 Å². The fourth-order valence-electron chi connectivity index (χ4n) is 4.08. The van der Waals surface area contributed by atoms with Crippen molar-refractivity contribution in [3.63, 3.8) is 0 Å². The van der Waals surface area contributed by atoms with Crippen LogP contribution < -0.4 is 16.0 Å². The van der Waals surface area contributed by atoms with Crippen LogP contribution in [0, 0.1) is 5.41 Å². The zero-order chi connectivity index (χ0) is 22.2. The maximum atomic E-state index is 7.83. The average Bonchev–Trinajstić information content (AvgIpc) is 3.32. The summed E-state index contributed by atoms with van der Waals surface area (Å²) in [7, 11) is 0. The normalized spacial score (nSPS) is 17.9. The lowest BCUT2D eigenvalue weighted by Crippen LogP contribution is -2.39. The second kappa shape index (κ2) is 11.3. The number of hydrogen-bond acceptors (Lipinski definition) is 7. The summed E-state index contributed by atoms with van der Waals surface area (Å²) >= 11 is 5.45. The molecule has 2 aromatic rings. The van der Waals surface area contributed by atoms with E-state index in [1.165, 1.54) is 31.9 Å². The molecule has 170 valence electrons. The summed E-state index contributed by atoms with van der Waals surface area (Å²) in [5, 5.41) is 18.3. The molecule has 4 rings (SSSR count). The highest BCUT2D eigenvalue weighted by molar-refractivity contribution is 7.80. The molecule has 1 saturated carbocycles. The standard InChI is InChI=1S/C23H31N7OS/c24-14-18(15-25-7-8-30-9-11-31-12-10-30)17-13-21-20(26-16-17)5-6-22(28-21)29-23(32)27-19-3-1-2-4-19/h5-6,13-16,19,24-25H,1-4,7-12H2,(H2,27,28,29,32)/b18-15+,24-14?. The van der Waals surface area contributed by atoms with Gasteiger partial charge in [-0.2, -0.15) is 0 Å². The average molecular weight is 454 g/mol. The molecule has 0 spiro atoms. The molecular weight excluding hydrogens is 422 g/mol. The number of pyridine rings is 2. The highest BCUT2D eigenvalue weighted by Crippen LogP contribution is 2.20. The first-order chi connectivity index (χ1) is 15.7. The molecule has 32 heavy (non-hydrogen) atoms. The first kappa shape index (κ1) is 22.6. The van der Waals surface area contributed by atoms with E-state index in [9.17, 15) is 0 Å². The number of ether oxygens (including phenoxy) is 1. The minimum Gasteiger partial charge on any atom is -0.389 e. The first-order valence-corrected chi connectivity index (χ1v) is 11.7. The summed E-state index contributed by atoms with van der Waals surface area (Å²) < 4.78 is 5.38. The highest BCUT2D eigenvalue weighted by Gasteiger charge is 2.15. The fourth-order valence-corrected chi connectivity index (χ4v) is 4.35. The predicted octanol–water partition coefficient (Wildman–Crippen LogP) is 2.77. The van der Waals surface area contributed by atoms with E-state index >= 15 is 0 Å². The molecule has 8 nitrogen and oxygen atoms in total. The van der Waals surface area contributed by atoms with Crippen LogP contribution >= 0.6 is 12.2 Å². The molecule has 9 heteroatoms. The number of morpholine rings is 1. The van der Waals surface area contributed by atoms with Gasteiger partial charge < -0.3 is 26.1 Å². The van der Waals surface area contributed by atoms with Gasteiger partial charge in [-0.1, -0.05) is 12.8 Å². The van der Waals surface area contributed by atoms with Gasteiger partial charge in [-0.05, 0) is 43.3 Å². The Morgan fingerprint density at radius 2 is 2.03 bits per heavy atom. The van der Waals surface area contributed by atoms with Crippen LogP contribution in [0.15, 0.2) is 30.6 Å². The van der Waals surface area contributed by atoms with Crippen molar-refractivity contribution in [2.45, 2.75) is 31.7 Å². The van der Waals surface area contributed by atoms with E-state index in [-0.39, 0.29) is 0 Å². The van der Waals surface area contributed by atoms with Gasteiger partial charge >= 0.3 is 0 Å². The van der Waals surface area contributed by atoms with Crippen molar-refractivity contribution in [2.75, 3.05) is 44.7 Å². The van der Waals surface area contributed by atoms with Crippen LogP contribution in [0.4, 0.5) is 5.82 Å². The monoisotopic (exact) mass is 453 g/mol. The summed E-state index contributed by atoms with van der Waals surface area (Å²) in [6.45, 7) is 5.31. The molecule has 0 bridgehead atoms. The minimum atomic E-state index is 0.458. The van der Waals surface area contributed by atoms with Crippen molar-refractivity contribution in [3.8, 4) is 0 Å². The lowest BCUT2D eigenvalue weighted by atomic mass is 10.1. The summed E-state index contributed by atoms with van der Waals surface area (Å²) in [5.74, 6) is 0.691. The largest absolute Gasteiger partial charge is 0.389 e. The smallest absolute Gasteiger partial charge is 0.172 e. The third kappa shape index (κ3) is 6.21. The van der Waals surface area contributed by atoms with E-state index in [1.54, 1.807) is 6.20 Å². The molecule has 2 fully saturated rings. The molecule has 0 aromatic carbocycles. The maximum Gasteiger partial charge on any atom is 0.172 e. The number of rotatable bonds is 8. The molecular formula is C23H31N7OS. The second-order valence-corrected chi connectivity index (χ2v) is 8.60. The molecule has 1 aliphatic carbocycles. The van der Waals surface area contributed by atoms with Crippen LogP contribution in [0.2, 0.25) is 0 Å². The van der Waals surface area contributed by atoms with Crippen LogP contribution in [-0.4, -0.2) is 71.6 Å². The summed E-state index contributed by atoms with van der Waals surface area (Å²) in [6.07, 6.45) is 9.84. The highest BCUT2D eigenvalue weighted by atomic mass is 32.1. The lowest BCUT2D eigenvalue weighted by molar-refractivity contribution is 0.0388. The van der Waals surface area contributed by atoms with Gasteiger partial charge in [0.1, 0.15) is 5.82 Å². The van der Waals surface area contributed by atoms with Crippen molar-refractivity contribution in [2.24, 2.45) is 0 Å². The van der Waals surface area contributed by atoms with Crippen LogP contribution in [0.3, 0.4) is 0 Å². The topological polar surface area (TPSA) is 98.2 Å². The van der Waals surface area contributed by atoms with E-state index in [0.717, 1.165) is 61.6 Å². The Bertz CT molecular complexity index is 968. The van der Waals surface area contributed by atoms with Crippen LogP contribution in [0.5, 0.6) is 0 Å². The Morgan fingerprint density at radius 3 is 2.81 bits per heavy atom. The molecule has 1 aliphatic heterocycles. The van der Waals surface area contributed by atoms with Gasteiger partial charge in [-0.15, -0.1) is 0 Å². The van der Waals surface area contributed by atoms with E-state index in [1.807, 2.05) is 24.4 Å². The third-order valence-corrected chi connectivity index (χ3v) is 6.11. The molecule has 0 unspecified atom stereocenters. The van der Waals surface area contributed by atoms with Crippen LogP contribution in [-0.2, 0) is 4.74 Å². The molecule has 4 N–H and O–H groups in total. The van der Waals surface area contributed by atoms with E-state index in [4.69, 9.17) is 22.4 Å². The Morgan fingerprint density at radius 1 is 1.22 bits per heavy atom. The fraction of sp³-hybridized carbons (Fsp3) is 0.478. The third-order valence-electron chi connectivity index (χ3n) is 5.89. The van der Waals surface area contributed by atoms with Crippen molar-refractivity contribution >= 4 is 46.0 Å². The quantitative estimate of drug-likeness (QED) is 0.275. The van der Waals surface area contributed by atoms with Gasteiger partial charge in [0.05, 0.1) is 24.2 Å². The van der Waals surface area contributed by atoms with Crippen molar-refractivity contribution in [1.29, 1.82) is 5.41 Å². The molecule has 3 heterocycles. The molecule has 0 atom stereocenters. The number of hydrogen-bond donors (Lipinski definition) is 4. The zero-order valence-corrected chi connectivity index (χ0v) is 19.1. The number of allylic oxidation sites excluding steroid dienone is 1. The summed E-state index contributed by atoms with van der Waals surface area (Å²) in [6, 6.07) is 6.24. The number of anilines is 1. The van der Waals surface area contributed by atoms with Crippen molar-refractivity contribution in [3.05, 3.63) is 36.2 Å². The van der Waals surface area contributed by atoms with Crippen molar-refractivity contribution < 1.29 is 4.74 Å². The Hall–Kier alpha value is -2.62. The molecule has 2 aromatic heterocycles. The van der Waals surface area contributed by atoms with E-state index < -0.39 is 0 Å². The number of fused-ring (bicyclic) bond motifs is 1. The number of nitrogens with one attached hydrogen (secondary N) is 4. The van der Waals surface area contributed by atoms with Gasteiger partial charge in [-0.3, -0.25) is 9.88 Å². The molecule has 0 amide bonds. The van der Waals surface area contributed by atoms with Gasteiger partial charge in [0.25, 0.3) is 0 Å².